The van der Waals surface area contributed by atoms with Gasteiger partial charge in [0.25, 0.3) is 5.91 Å². The van der Waals surface area contributed by atoms with Crippen molar-refractivity contribution >= 4 is 11.7 Å². The molecule has 0 bridgehead atoms. The number of carbonyl (C=O) groups is 1. The van der Waals surface area contributed by atoms with Crippen LogP contribution in [0.25, 0.3) is 0 Å². The lowest BCUT2D eigenvalue weighted by molar-refractivity contribution is 0.0636. The van der Waals surface area contributed by atoms with Gasteiger partial charge in [0.2, 0.25) is 0 Å². The average molecular weight is 276 g/mol. The topological polar surface area (TPSA) is 64.2 Å². The predicted molar refractivity (Wildman–Crippen MR) is 78.5 cm³/mol. The van der Waals surface area contributed by atoms with E-state index in [4.69, 9.17) is 5.73 Å². The SMILES string of the molecule is CC1CCCCN1C(=O)c1cn(C2CCCC2)nc1N. The summed E-state index contributed by atoms with van der Waals surface area (Å²) in [6.45, 7) is 2.96. The maximum Gasteiger partial charge on any atom is 0.259 e. The van der Waals surface area contributed by atoms with Crippen molar-refractivity contribution in [3.63, 3.8) is 0 Å². The third-order valence-electron chi connectivity index (χ3n) is 4.75. The van der Waals surface area contributed by atoms with E-state index in [9.17, 15) is 4.79 Å². The molecule has 5 heteroatoms. The van der Waals surface area contributed by atoms with E-state index in [2.05, 4.69) is 12.0 Å². The lowest BCUT2D eigenvalue weighted by Crippen LogP contribution is -2.42. The third kappa shape index (κ3) is 2.41. The van der Waals surface area contributed by atoms with Gasteiger partial charge in [-0.25, -0.2) is 0 Å². The Hall–Kier alpha value is -1.52. The van der Waals surface area contributed by atoms with Crippen molar-refractivity contribution in [2.45, 2.75) is 64.0 Å². The second-order valence-corrected chi connectivity index (χ2v) is 6.19. The number of anilines is 1. The molecule has 1 aliphatic heterocycles. The maximum absolute atomic E-state index is 12.7. The normalized spacial score (nSPS) is 24.2. The molecule has 2 aliphatic rings. The lowest BCUT2D eigenvalue weighted by atomic mass is 10.0. The fourth-order valence-corrected chi connectivity index (χ4v) is 3.48. The van der Waals surface area contributed by atoms with Crippen LogP contribution in [-0.2, 0) is 0 Å². The zero-order chi connectivity index (χ0) is 14.1. The van der Waals surface area contributed by atoms with Gasteiger partial charge in [0.05, 0.1) is 6.04 Å². The first-order valence-corrected chi connectivity index (χ1v) is 7.82. The van der Waals surface area contributed by atoms with Crippen LogP contribution < -0.4 is 5.73 Å². The van der Waals surface area contributed by atoms with Crippen LogP contribution in [0, 0.1) is 0 Å². The molecule has 3 rings (SSSR count). The van der Waals surface area contributed by atoms with Gasteiger partial charge in [0.1, 0.15) is 5.56 Å². The molecule has 2 fully saturated rings. The van der Waals surface area contributed by atoms with E-state index in [0.717, 1.165) is 32.2 Å². The van der Waals surface area contributed by atoms with Crippen LogP contribution in [0.4, 0.5) is 5.82 Å². The van der Waals surface area contributed by atoms with Gasteiger partial charge < -0.3 is 10.6 Å². The summed E-state index contributed by atoms with van der Waals surface area (Å²) >= 11 is 0. The van der Waals surface area contributed by atoms with Gasteiger partial charge in [-0.2, -0.15) is 5.10 Å². The molecule has 5 nitrogen and oxygen atoms in total. The highest BCUT2D eigenvalue weighted by Crippen LogP contribution is 2.30. The largest absolute Gasteiger partial charge is 0.382 e. The van der Waals surface area contributed by atoms with Crippen molar-refractivity contribution in [2.24, 2.45) is 0 Å². The summed E-state index contributed by atoms with van der Waals surface area (Å²) in [6, 6.07) is 0.739. The van der Waals surface area contributed by atoms with Crippen LogP contribution in [0.15, 0.2) is 6.20 Å². The molecule has 1 aliphatic carbocycles. The van der Waals surface area contributed by atoms with Gasteiger partial charge in [0.15, 0.2) is 5.82 Å². The Kier molecular flexibility index (Phi) is 3.68. The molecule has 1 aromatic rings. The summed E-state index contributed by atoms with van der Waals surface area (Å²) in [7, 11) is 0. The van der Waals surface area contributed by atoms with Gasteiger partial charge in [-0.1, -0.05) is 12.8 Å². The molecular weight excluding hydrogens is 252 g/mol. The van der Waals surface area contributed by atoms with E-state index in [0.29, 0.717) is 23.5 Å². The Morgan fingerprint density at radius 1 is 1.25 bits per heavy atom. The van der Waals surface area contributed by atoms with E-state index in [-0.39, 0.29) is 5.91 Å². The standard InChI is InChI=1S/C15H24N4O/c1-11-6-4-5-9-18(11)15(20)13-10-19(17-14(13)16)12-7-2-3-8-12/h10-12H,2-9H2,1H3,(H2,16,17). The van der Waals surface area contributed by atoms with Crippen LogP contribution in [0.2, 0.25) is 0 Å². The van der Waals surface area contributed by atoms with Crippen LogP contribution in [0.3, 0.4) is 0 Å². The number of nitrogen functional groups attached to an aromatic ring is 1. The minimum atomic E-state index is 0.0546. The molecule has 1 amide bonds. The van der Waals surface area contributed by atoms with Crippen molar-refractivity contribution in [3.05, 3.63) is 11.8 Å². The smallest absolute Gasteiger partial charge is 0.259 e. The molecule has 1 atom stereocenters. The zero-order valence-corrected chi connectivity index (χ0v) is 12.2. The molecule has 0 spiro atoms. The number of nitrogens with zero attached hydrogens (tertiary/aromatic N) is 3. The zero-order valence-electron chi connectivity index (χ0n) is 12.2. The number of aromatic nitrogens is 2. The van der Waals surface area contributed by atoms with Crippen LogP contribution in [0.1, 0.15) is 68.3 Å². The highest BCUT2D eigenvalue weighted by atomic mass is 16.2. The summed E-state index contributed by atoms with van der Waals surface area (Å²) in [6.07, 6.45) is 10.0. The highest BCUT2D eigenvalue weighted by molar-refractivity contribution is 5.98. The van der Waals surface area contributed by atoms with Crippen molar-refractivity contribution < 1.29 is 4.79 Å². The lowest BCUT2D eigenvalue weighted by Gasteiger charge is -2.33. The van der Waals surface area contributed by atoms with Crippen molar-refractivity contribution in [3.8, 4) is 0 Å². The summed E-state index contributed by atoms with van der Waals surface area (Å²) in [4.78, 5) is 14.6. The summed E-state index contributed by atoms with van der Waals surface area (Å²) < 4.78 is 1.92. The second kappa shape index (κ2) is 5.46. The van der Waals surface area contributed by atoms with Crippen molar-refractivity contribution in [1.29, 1.82) is 0 Å². The fourth-order valence-electron chi connectivity index (χ4n) is 3.48. The molecule has 0 aromatic carbocycles. The molecular formula is C15H24N4O. The predicted octanol–water partition coefficient (Wildman–Crippen LogP) is 2.59. The molecule has 1 saturated heterocycles. The Balaban J connectivity index is 1.80. The molecule has 110 valence electrons. The molecule has 20 heavy (non-hydrogen) atoms. The van der Waals surface area contributed by atoms with Gasteiger partial charge in [0, 0.05) is 18.8 Å². The number of piperidine rings is 1. The van der Waals surface area contributed by atoms with E-state index in [1.165, 1.54) is 19.3 Å². The van der Waals surface area contributed by atoms with Gasteiger partial charge in [-0.3, -0.25) is 9.48 Å². The molecule has 2 heterocycles. The molecule has 1 aromatic heterocycles. The quantitative estimate of drug-likeness (QED) is 0.903. The maximum atomic E-state index is 12.7. The average Bonchev–Trinajstić information content (AvgIpc) is 3.07. The summed E-state index contributed by atoms with van der Waals surface area (Å²) in [5.74, 6) is 0.443. The number of nitrogens with two attached hydrogens (primary N) is 1. The first-order chi connectivity index (χ1) is 9.66. The number of hydrogen-bond donors (Lipinski definition) is 1. The van der Waals surface area contributed by atoms with Gasteiger partial charge in [-0.05, 0) is 39.0 Å². The van der Waals surface area contributed by atoms with E-state index < -0.39 is 0 Å². The van der Waals surface area contributed by atoms with Crippen LogP contribution >= 0.6 is 0 Å². The Morgan fingerprint density at radius 2 is 1.95 bits per heavy atom. The highest BCUT2D eigenvalue weighted by Gasteiger charge is 2.28. The third-order valence-corrected chi connectivity index (χ3v) is 4.75. The van der Waals surface area contributed by atoms with Gasteiger partial charge in [-0.15, -0.1) is 0 Å². The van der Waals surface area contributed by atoms with Crippen LogP contribution in [-0.4, -0.2) is 33.2 Å². The first-order valence-electron chi connectivity index (χ1n) is 7.82. The van der Waals surface area contributed by atoms with Crippen LogP contribution in [0.5, 0.6) is 0 Å². The molecule has 0 radical (unpaired) electrons. The minimum Gasteiger partial charge on any atom is -0.382 e. The van der Waals surface area contributed by atoms with Crippen molar-refractivity contribution in [2.75, 3.05) is 12.3 Å². The minimum absolute atomic E-state index is 0.0546. The monoisotopic (exact) mass is 276 g/mol. The van der Waals surface area contributed by atoms with E-state index in [1.54, 1.807) is 0 Å². The number of rotatable bonds is 2. The van der Waals surface area contributed by atoms with E-state index in [1.807, 2.05) is 15.8 Å². The molecule has 1 saturated carbocycles. The number of carbonyl (C=O) groups excluding carboxylic acids is 1. The van der Waals surface area contributed by atoms with E-state index >= 15 is 0 Å². The first kappa shape index (κ1) is 13.5. The second-order valence-electron chi connectivity index (χ2n) is 6.19. The number of likely N-dealkylation sites (tertiary alicyclic amines) is 1. The van der Waals surface area contributed by atoms with Gasteiger partial charge >= 0.3 is 0 Å². The Morgan fingerprint density at radius 3 is 2.65 bits per heavy atom. The number of amides is 1. The number of hydrogen-bond acceptors (Lipinski definition) is 3. The molecule has 2 N–H and O–H groups in total. The Labute approximate surface area is 120 Å². The van der Waals surface area contributed by atoms with Crippen molar-refractivity contribution in [1.82, 2.24) is 14.7 Å². The Bertz CT molecular complexity index is 490. The summed E-state index contributed by atoms with van der Waals surface area (Å²) in [5, 5.41) is 4.38. The summed E-state index contributed by atoms with van der Waals surface area (Å²) in [5.41, 5.74) is 6.57. The molecule has 1 unspecified atom stereocenters. The fraction of sp³-hybridized carbons (Fsp3) is 0.733.